The smallest absolute Gasteiger partial charge is 0.165 e. The Morgan fingerprint density at radius 2 is 1.96 bits per heavy atom. The van der Waals surface area contributed by atoms with E-state index in [9.17, 15) is 4.39 Å². The van der Waals surface area contributed by atoms with Crippen LogP contribution in [0.1, 0.15) is 31.2 Å². The number of rotatable bonds is 6. The molecule has 5 nitrogen and oxygen atoms in total. The lowest BCUT2D eigenvalue weighted by molar-refractivity contribution is 0.245. The Kier molecular flexibility index (Phi) is 6.17. The molecule has 2 aliphatic heterocycles. The zero-order chi connectivity index (χ0) is 19.3. The number of hydrogen-bond donors (Lipinski definition) is 2. The third-order valence-corrected chi connectivity index (χ3v) is 5.92. The molecule has 152 valence electrons. The molecule has 0 radical (unpaired) electrons. The van der Waals surface area contributed by atoms with Crippen molar-refractivity contribution in [1.82, 2.24) is 20.7 Å². The molecule has 0 aromatic heterocycles. The van der Waals surface area contributed by atoms with Crippen LogP contribution in [0.15, 0.2) is 36.0 Å². The van der Waals surface area contributed by atoms with Gasteiger partial charge in [0.1, 0.15) is 0 Å². The monoisotopic (exact) mass is 386 g/mol. The molecule has 4 rings (SSSR count). The van der Waals surface area contributed by atoms with Crippen molar-refractivity contribution in [1.29, 1.82) is 0 Å². The fraction of sp³-hybridized carbons (Fsp3) is 0.545. The average molecular weight is 387 g/mol. The molecule has 6 heteroatoms. The van der Waals surface area contributed by atoms with E-state index < -0.39 is 0 Å². The number of ether oxygens (including phenoxy) is 1. The van der Waals surface area contributed by atoms with Gasteiger partial charge in [-0.1, -0.05) is 12.8 Å². The second kappa shape index (κ2) is 8.97. The largest absolute Gasteiger partial charge is 0.494 e. The van der Waals surface area contributed by atoms with E-state index in [1.165, 1.54) is 38.4 Å². The van der Waals surface area contributed by atoms with Crippen molar-refractivity contribution in [3.8, 4) is 5.75 Å². The standard InChI is InChI=1S/C22H31FN4O/c1-28-22-7-6-19(13-20(22)23)21-12-18(14-26-10-8-24-9-11-26)16-27(25-21)15-17-4-2-3-5-17/h6-7,12-13,16-17,24-25H,2-5,8-11,14-15H2,1H3. The minimum absolute atomic E-state index is 0.277. The Labute approximate surface area is 167 Å². The van der Waals surface area contributed by atoms with Crippen LogP contribution in [0.4, 0.5) is 4.39 Å². The molecule has 2 fully saturated rings. The van der Waals surface area contributed by atoms with Crippen LogP contribution in [0.3, 0.4) is 0 Å². The van der Waals surface area contributed by atoms with Crippen molar-refractivity contribution in [2.24, 2.45) is 5.92 Å². The second-order valence-electron chi connectivity index (χ2n) is 8.05. The summed E-state index contributed by atoms with van der Waals surface area (Å²) in [4.78, 5) is 2.48. The second-order valence-corrected chi connectivity index (χ2v) is 8.05. The first kappa shape index (κ1) is 19.3. The van der Waals surface area contributed by atoms with Gasteiger partial charge in [0.25, 0.3) is 0 Å². The van der Waals surface area contributed by atoms with Gasteiger partial charge < -0.3 is 10.1 Å². The number of benzene rings is 1. The van der Waals surface area contributed by atoms with Crippen LogP contribution < -0.4 is 15.5 Å². The number of methoxy groups -OCH3 is 1. The van der Waals surface area contributed by atoms with E-state index in [0.29, 0.717) is 0 Å². The van der Waals surface area contributed by atoms with Crippen LogP contribution in [0.2, 0.25) is 0 Å². The van der Waals surface area contributed by atoms with Gasteiger partial charge in [-0.15, -0.1) is 0 Å². The lowest BCUT2D eigenvalue weighted by Crippen LogP contribution is -2.45. The van der Waals surface area contributed by atoms with Gasteiger partial charge in [-0.05, 0) is 48.6 Å². The average Bonchev–Trinajstić information content (AvgIpc) is 3.21. The predicted molar refractivity (Wildman–Crippen MR) is 110 cm³/mol. The van der Waals surface area contributed by atoms with E-state index in [1.807, 2.05) is 6.07 Å². The first-order valence-corrected chi connectivity index (χ1v) is 10.4. The molecule has 0 spiro atoms. The van der Waals surface area contributed by atoms with Gasteiger partial charge >= 0.3 is 0 Å². The highest BCUT2D eigenvalue weighted by molar-refractivity contribution is 5.68. The molecule has 1 aliphatic carbocycles. The summed E-state index contributed by atoms with van der Waals surface area (Å²) in [6.45, 7) is 6.13. The molecule has 28 heavy (non-hydrogen) atoms. The number of hydrazine groups is 1. The summed E-state index contributed by atoms with van der Waals surface area (Å²) in [6, 6.07) is 5.17. The van der Waals surface area contributed by atoms with Crippen molar-refractivity contribution >= 4 is 5.70 Å². The Morgan fingerprint density at radius 1 is 1.18 bits per heavy atom. The van der Waals surface area contributed by atoms with E-state index in [0.717, 1.165) is 56.4 Å². The van der Waals surface area contributed by atoms with Crippen molar-refractivity contribution in [3.05, 3.63) is 47.4 Å². The highest BCUT2D eigenvalue weighted by Gasteiger charge is 2.22. The molecule has 0 amide bonds. The predicted octanol–water partition coefficient (Wildman–Crippen LogP) is 2.97. The van der Waals surface area contributed by atoms with Crippen molar-refractivity contribution in [2.45, 2.75) is 25.7 Å². The van der Waals surface area contributed by atoms with E-state index in [-0.39, 0.29) is 11.6 Å². The third kappa shape index (κ3) is 4.67. The van der Waals surface area contributed by atoms with Crippen LogP contribution in [-0.2, 0) is 0 Å². The number of piperazine rings is 1. The molecule has 0 atom stereocenters. The summed E-state index contributed by atoms with van der Waals surface area (Å²) in [6.07, 6.45) is 9.67. The summed E-state index contributed by atoms with van der Waals surface area (Å²) in [7, 11) is 1.49. The zero-order valence-electron chi connectivity index (χ0n) is 16.7. The lowest BCUT2D eigenvalue weighted by Gasteiger charge is -2.33. The number of nitrogens with zero attached hydrogens (tertiary/aromatic N) is 2. The van der Waals surface area contributed by atoms with E-state index in [1.54, 1.807) is 12.1 Å². The van der Waals surface area contributed by atoms with Crippen LogP contribution >= 0.6 is 0 Å². The maximum absolute atomic E-state index is 14.3. The molecule has 1 saturated heterocycles. The van der Waals surface area contributed by atoms with Crippen molar-refractivity contribution in [3.63, 3.8) is 0 Å². The molecule has 2 N–H and O–H groups in total. The fourth-order valence-corrected chi connectivity index (χ4v) is 4.41. The van der Waals surface area contributed by atoms with Crippen LogP contribution in [0.5, 0.6) is 5.75 Å². The van der Waals surface area contributed by atoms with Gasteiger partial charge in [0, 0.05) is 51.0 Å². The summed E-state index contributed by atoms with van der Waals surface area (Å²) >= 11 is 0. The van der Waals surface area contributed by atoms with E-state index >= 15 is 0 Å². The molecule has 1 saturated carbocycles. The minimum Gasteiger partial charge on any atom is -0.494 e. The topological polar surface area (TPSA) is 39.8 Å². The van der Waals surface area contributed by atoms with Gasteiger partial charge in [0.05, 0.1) is 12.8 Å². The normalized spacial score (nSPS) is 21.3. The molecule has 1 aromatic rings. The summed E-state index contributed by atoms with van der Waals surface area (Å²) in [5.74, 6) is 0.680. The quantitative estimate of drug-likeness (QED) is 0.787. The Balaban J connectivity index is 1.54. The molecule has 0 unspecified atom stereocenters. The molecular weight excluding hydrogens is 355 g/mol. The SMILES string of the molecule is COc1ccc(C2=CC(CN3CCNCC3)=CN(CC3CCCC3)N2)cc1F. The highest BCUT2D eigenvalue weighted by atomic mass is 19.1. The minimum atomic E-state index is -0.330. The number of hydrogen-bond acceptors (Lipinski definition) is 5. The van der Waals surface area contributed by atoms with Crippen LogP contribution in [0.25, 0.3) is 5.70 Å². The van der Waals surface area contributed by atoms with Gasteiger partial charge in [0.15, 0.2) is 11.6 Å². The summed E-state index contributed by atoms with van der Waals surface area (Å²) < 4.78 is 19.3. The lowest BCUT2D eigenvalue weighted by atomic mass is 10.1. The van der Waals surface area contributed by atoms with Gasteiger partial charge in [-0.3, -0.25) is 15.3 Å². The Morgan fingerprint density at radius 3 is 2.68 bits per heavy atom. The van der Waals surface area contributed by atoms with Crippen LogP contribution in [0, 0.1) is 11.7 Å². The van der Waals surface area contributed by atoms with Gasteiger partial charge in [0.2, 0.25) is 0 Å². The van der Waals surface area contributed by atoms with E-state index in [4.69, 9.17) is 4.74 Å². The zero-order valence-corrected chi connectivity index (χ0v) is 16.7. The summed E-state index contributed by atoms with van der Waals surface area (Å²) in [5, 5.41) is 5.62. The van der Waals surface area contributed by atoms with Gasteiger partial charge in [-0.25, -0.2) is 4.39 Å². The highest BCUT2D eigenvalue weighted by Crippen LogP contribution is 2.28. The molecule has 1 aromatic carbocycles. The maximum Gasteiger partial charge on any atom is 0.165 e. The Hall–Kier alpha value is -2.05. The number of nitrogens with one attached hydrogen (secondary N) is 2. The Bertz CT molecular complexity index is 736. The van der Waals surface area contributed by atoms with Crippen molar-refractivity contribution < 1.29 is 9.13 Å². The van der Waals surface area contributed by atoms with Gasteiger partial charge in [-0.2, -0.15) is 0 Å². The molecule has 3 aliphatic rings. The third-order valence-electron chi connectivity index (χ3n) is 5.92. The molecule has 2 heterocycles. The van der Waals surface area contributed by atoms with Crippen molar-refractivity contribution in [2.75, 3.05) is 46.4 Å². The first-order chi connectivity index (χ1) is 13.7. The maximum atomic E-state index is 14.3. The molecule has 0 bridgehead atoms. The van der Waals surface area contributed by atoms with E-state index in [2.05, 4.69) is 32.9 Å². The first-order valence-electron chi connectivity index (χ1n) is 10.4. The fourth-order valence-electron chi connectivity index (χ4n) is 4.41. The number of halogens is 1. The molecular formula is C22H31FN4O. The van der Waals surface area contributed by atoms with Crippen LogP contribution in [-0.4, -0.2) is 56.3 Å². The summed E-state index contributed by atoms with van der Waals surface area (Å²) in [5.41, 5.74) is 6.58.